The Morgan fingerprint density at radius 2 is 2.12 bits per heavy atom. The number of aromatic nitrogens is 3. The van der Waals surface area contributed by atoms with Gasteiger partial charge < -0.3 is 25.1 Å². The molecular formula is C29H27F2N7O3S. The van der Waals surface area contributed by atoms with Crippen molar-refractivity contribution in [2.45, 2.75) is 23.3 Å². The zero-order chi connectivity index (χ0) is 29.5. The Morgan fingerprint density at radius 3 is 2.88 bits per heavy atom. The van der Waals surface area contributed by atoms with Gasteiger partial charge in [0.2, 0.25) is 11.8 Å². The predicted octanol–water partition coefficient (Wildman–Crippen LogP) is 4.71. The maximum atomic E-state index is 15.4. The first kappa shape index (κ1) is 27.6. The molecule has 0 bridgehead atoms. The number of nitrogens with zero attached hydrogens (tertiary/aromatic N) is 5. The van der Waals surface area contributed by atoms with Crippen molar-refractivity contribution < 1.29 is 22.7 Å². The Hall–Kier alpha value is -4.52. The highest BCUT2D eigenvalue weighted by atomic mass is 32.2. The molecule has 1 amide bonds. The molecule has 0 saturated heterocycles. The van der Waals surface area contributed by atoms with E-state index in [1.165, 1.54) is 41.1 Å². The van der Waals surface area contributed by atoms with Gasteiger partial charge in [0, 0.05) is 53.7 Å². The lowest BCUT2D eigenvalue weighted by Crippen LogP contribution is -2.39. The molecule has 1 fully saturated rings. The molecule has 4 heterocycles. The lowest BCUT2D eigenvalue weighted by molar-refractivity contribution is -0.123. The Labute approximate surface area is 244 Å². The van der Waals surface area contributed by atoms with Crippen LogP contribution in [-0.4, -0.2) is 56.4 Å². The SMILES string of the molecule is CN(C)C(=O)C=C[C@]12C[C@H]1[C@@](CF)(c1cc(Nc3nccc4cc(OCc5ncco5)cnc34)ccc1F)N=C(N)S2. The number of hydrogen-bond donors (Lipinski definition) is 2. The molecule has 1 aliphatic heterocycles. The quantitative estimate of drug-likeness (QED) is 0.266. The fourth-order valence-corrected chi connectivity index (χ4v) is 6.53. The summed E-state index contributed by atoms with van der Waals surface area (Å²) in [5.74, 6) is 0.181. The second kappa shape index (κ2) is 10.7. The van der Waals surface area contributed by atoms with Gasteiger partial charge in [0.25, 0.3) is 0 Å². The van der Waals surface area contributed by atoms with Crippen LogP contribution in [0.2, 0.25) is 0 Å². The number of halogens is 2. The van der Waals surface area contributed by atoms with Gasteiger partial charge in [-0.1, -0.05) is 17.8 Å². The van der Waals surface area contributed by atoms with Crippen molar-refractivity contribution in [1.29, 1.82) is 0 Å². The minimum Gasteiger partial charge on any atom is -0.482 e. The molecule has 3 atom stereocenters. The Bertz CT molecular complexity index is 1710. The lowest BCUT2D eigenvalue weighted by atomic mass is 9.84. The molecule has 3 N–H and O–H groups in total. The third kappa shape index (κ3) is 5.04. The van der Waals surface area contributed by atoms with Crippen LogP contribution in [-0.2, 0) is 16.9 Å². The molecule has 2 aliphatic rings. The van der Waals surface area contributed by atoms with E-state index in [1.54, 1.807) is 50.9 Å². The molecule has 1 aliphatic carbocycles. The number of carbonyl (C=O) groups is 1. The zero-order valence-electron chi connectivity index (χ0n) is 22.8. The summed E-state index contributed by atoms with van der Waals surface area (Å²) in [6, 6.07) is 7.95. The number of likely N-dealkylation sites (N-methyl/N-ethyl adjacent to an activating group) is 1. The molecule has 3 aromatic heterocycles. The van der Waals surface area contributed by atoms with E-state index in [0.717, 1.165) is 5.39 Å². The van der Waals surface area contributed by atoms with Crippen LogP contribution < -0.4 is 15.8 Å². The maximum absolute atomic E-state index is 15.4. The monoisotopic (exact) mass is 591 g/mol. The number of pyridine rings is 2. The van der Waals surface area contributed by atoms with E-state index in [9.17, 15) is 4.79 Å². The van der Waals surface area contributed by atoms with E-state index < -0.39 is 28.7 Å². The Morgan fingerprint density at radius 1 is 1.26 bits per heavy atom. The summed E-state index contributed by atoms with van der Waals surface area (Å²) >= 11 is 1.27. The first-order valence-corrected chi connectivity index (χ1v) is 13.9. The topological polar surface area (TPSA) is 132 Å². The van der Waals surface area contributed by atoms with E-state index in [2.05, 4.69) is 25.3 Å². The number of nitrogens with two attached hydrogens (primary N) is 1. The fourth-order valence-electron chi connectivity index (χ4n) is 5.21. The van der Waals surface area contributed by atoms with Crippen LogP contribution in [0.3, 0.4) is 0 Å². The van der Waals surface area contributed by atoms with Crippen molar-refractivity contribution in [2.24, 2.45) is 16.6 Å². The molecular weight excluding hydrogens is 564 g/mol. The third-order valence-electron chi connectivity index (χ3n) is 7.40. The highest BCUT2D eigenvalue weighted by Gasteiger charge is 2.67. The maximum Gasteiger partial charge on any atom is 0.245 e. The number of amidine groups is 1. The number of benzene rings is 1. The van der Waals surface area contributed by atoms with Gasteiger partial charge in [-0.2, -0.15) is 0 Å². The van der Waals surface area contributed by atoms with Crippen LogP contribution >= 0.6 is 11.8 Å². The van der Waals surface area contributed by atoms with Crippen LogP contribution in [0.1, 0.15) is 17.9 Å². The lowest BCUT2D eigenvalue weighted by Gasteiger charge is -2.34. The number of ether oxygens (including phenoxy) is 1. The van der Waals surface area contributed by atoms with Crippen LogP contribution in [0.5, 0.6) is 5.75 Å². The van der Waals surface area contributed by atoms with Gasteiger partial charge in [-0.25, -0.2) is 28.7 Å². The van der Waals surface area contributed by atoms with E-state index in [-0.39, 0.29) is 23.2 Å². The molecule has 6 rings (SSSR count). The van der Waals surface area contributed by atoms with Crippen LogP contribution in [0, 0.1) is 11.7 Å². The highest BCUT2D eigenvalue weighted by molar-refractivity contribution is 8.15. The zero-order valence-corrected chi connectivity index (χ0v) is 23.6. The molecule has 0 unspecified atom stereocenters. The van der Waals surface area contributed by atoms with Crippen molar-refractivity contribution >= 4 is 45.2 Å². The number of hydrogen-bond acceptors (Lipinski definition) is 10. The van der Waals surface area contributed by atoms with Gasteiger partial charge in [-0.05, 0) is 36.8 Å². The molecule has 0 radical (unpaired) electrons. The number of fused-ring (bicyclic) bond motifs is 2. The van der Waals surface area contributed by atoms with Crippen molar-refractivity contribution in [2.75, 3.05) is 26.1 Å². The fraction of sp³-hybridized carbons (Fsp3) is 0.276. The first-order chi connectivity index (χ1) is 20.2. The summed E-state index contributed by atoms with van der Waals surface area (Å²) < 4.78 is 40.7. The minimum absolute atomic E-state index is 0.0767. The van der Waals surface area contributed by atoms with E-state index in [4.69, 9.17) is 14.9 Å². The number of carbonyl (C=O) groups excluding carboxylic acids is 1. The second-order valence-electron chi connectivity index (χ2n) is 10.3. The largest absolute Gasteiger partial charge is 0.482 e. The number of oxazole rings is 1. The predicted molar refractivity (Wildman–Crippen MR) is 156 cm³/mol. The normalized spacial score (nSPS) is 23.0. The summed E-state index contributed by atoms with van der Waals surface area (Å²) in [5.41, 5.74) is 5.74. The number of nitrogens with one attached hydrogen (secondary N) is 1. The Kier molecular flexibility index (Phi) is 7.05. The number of amides is 1. The van der Waals surface area contributed by atoms with Gasteiger partial charge >= 0.3 is 0 Å². The number of aliphatic imine (C=N–C) groups is 1. The van der Waals surface area contributed by atoms with Gasteiger partial charge in [0.15, 0.2) is 17.6 Å². The highest BCUT2D eigenvalue weighted by Crippen LogP contribution is 2.67. The van der Waals surface area contributed by atoms with Crippen LogP contribution in [0.4, 0.5) is 20.3 Å². The summed E-state index contributed by atoms with van der Waals surface area (Å²) in [5, 5.41) is 4.09. The first-order valence-electron chi connectivity index (χ1n) is 13.1. The van der Waals surface area contributed by atoms with Crippen molar-refractivity contribution in [3.8, 4) is 5.75 Å². The van der Waals surface area contributed by atoms with E-state index >= 15 is 8.78 Å². The van der Waals surface area contributed by atoms with Crippen molar-refractivity contribution in [1.82, 2.24) is 19.9 Å². The third-order valence-corrected chi connectivity index (χ3v) is 8.67. The number of rotatable bonds is 9. The van der Waals surface area contributed by atoms with Gasteiger partial charge in [0.1, 0.15) is 35.6 Å². The summed E-state index contributed by atoms with van der Waals surface area (Å²) in [6.45, 7) is -0.804. The number of thioether (sulfide) groups is 1. The van der Waals surface area contributed by atoms with E-state index in [1.807, 2.05) is 6.07 Å². The molecule has 42 heavy (non-hydrogen) atoms. The Balaban J connectivity index is 1.29. The average Bonchev–Trinajstić information content (AvgIpc) is 3.46. The second-order valence-corrected chi connectivity index (χ2v) is 11.7. The summed E-state index contributed by atoms with van der Waals surface area (Å²) in [6.07, 6.45) is 9.87. The average molecular weight is 592 g/mol. The summed E-state index contributed by atoms with van der Waals surface area (Å²) in [7, 11) is 3.29. The smallest absolute Gasteiger partial charge is 0.245 e. The number of anilines is 2. The van der Waals surface area contributed by atoms with Gasteiger partial charge in [-0.15, -0.1) is 0 Å². The van der Waals surface area contributed by atoms with Gasteiger partial charge in [-0.3, -0.25) is 4.79 Å². The molecule has 1 saturated carbocycles. The standard InChI is InChI=1S/C29H27F2N7O3S/c1-38(2)24(39)5-7-28-13-22(28)29(16-30,37-27(32)42-28)20-12-18(3-4-21(20)31)36-26-25-17(6-8-34-26)11-19(14-35-25)41-15-23-33-9-10-40-23/h3-12,14,22H,13,15-16H2,1-2H3,(H2,32,37)(H,34,36)/t22-,28+,29-/m1/s1. The molecule has 216 valence electrons. The van der Waals surface area contributed by atoms with E-state index in [0.29, 0.717) is 35.1 Å². The van der Waals surface area contributed by atoms with Crippen molar-refractivity contribution in [3.63, 3.8) is 0 Å². The number of alkyl halides is 1. The van der Waals surface area contributed by atoms with Crippen LogP contribution in [0.15, 0.2) is 76.7 Å². The molecule has 0 spiro atoms. The minimum atomic E-state index is -1.54. The molecule has 4 aromatic rings. The van der Waals surface area contributed by atoms with Crippen LogP contribution in [0.25, 0.3) is 10.9 Å². The molecule has 1 aromatic carbocycles. The molecule has 13 heteroatoms. The summed E-state index contributed by atoms with van der Waals surface area (Å²) in [4.78, 5) is 31.1. The van der Waals surface area contributed by atoms with Gasteiger partial charge in [0.05, 0.1) is 12.4 Å². The molecule has 10 nitrogen and oxygen atoms in total. The van der Waals surface area contributed by atoms with Crippen molar-refractivity contribution in [3.05, 3.63) is 84.6 Å².